The fourth-order valence-corrected chi connectivity index (χ4v) is 4.26. The third kappa shape index (κ3) is 3.62. The summed E-state index contributed by atoms with van der Waals surface area (Å²) in [7, 11) is 0. The van der Waals surface area contributed by atoms with Crippen LogP contribution in [0, 0.1) is 11.3 Å². The molecule has 0 saturated heterocycles. The molecule has 8 heteroatoms. The van der Waals surface area contributed by atoms with Crippen LogP contribution < -0.4 is 5.32 Å². The van der Waals surface area contributed by atoms with Gasteiger partial charge in [0.05, 0.1) is 16.9 Å². The second-order valence-electron chi connectivity index (χ2n) is 7.12. The van der Waals surface area contributed by atoms with Gasteiger partial charge in [-0.2, -0.15) is 5.26 Å². The minimum Gasteiger partial charge on any atom is -0.411 e. The highest BCUT2D eigenvalue weighted by Crippen LogP contribution is 2.32. The average molecular weight is 395 g/mol. The summed E-state index contributed by atoms with van der Waals surface area (Å²) in [6.45, 7) is 1.78. The number of carbonyl (C=O) groups excluding carboxylic acids is 1. The summed E-state index contributed by atoms with van der Waals surface area (Å²) in [6.07, 6.45) is 6.29. The lowest BCUT2D eigenvalue weighted by Crippen LogP contribution is -2.50. The van der Waals surface area contributed by atoms with Crippen molar-refractivity contribution in [2.45, 2.75) is 55.0 Å². The van der Waals surface area contributed by atoms with Crippen LogP contribution in [-0.2, 0) is 4.79 Å². The van der Waals surface area contributed by atoms with Gasteiger partial charge in [-0.3, -0.25) is 4.79 Å². The van der Waals surface area contributed by atoms with Crippen molar-refractivity contribution in [2.24, 2.45) is 0 Å². The highest BCUT2D eigenvalue weighted by Gasteiger charge is 2.35. The van der Waals surface area contributed by atoms with E-state index in [1.165, 1.54) is 11.8 Å². The Labute approximate surface area is 166 Å². The summed E-state index contributed by atoms with van der Waals surface area (Å²) in [6, 6.07) is 10.2. The summed E-state index contributed by atoms with van der Waals surface area (Å²) in [4.78, 5) is 15.8. The molecular formula is C20H21N5O2S. The Hall–Kier alpha value is -2.79. The number of amides is 1. The summed E-state index contributed by atoms with van der Waals surface area (Å²) in [5.74, 6) is 0.230. The maximum absolute atomic E-state index is 12.6. The molecule has 144 valence electrons. The van der Waals surface area contributed by atoms with Crippen molar-refractivity contribution < 1.29 is 9.21 Å². The quantitative estimate of drug-likeness (QED) is 0.631. The first kappa shape index (κ1) is 18.6. The fourth-order valence-electron chi connectivity index (χ4n) is 3.58. The third-order valence-corrected chi connectivity index (χ3v) is 6.09. The molecule has 4 rings (SSSR count). The number of H-pyrrole nitrogens is 1. The number of fused-ring (bicyclic) bond motifs is 1. The van der Waals surface area contributed by atoms with Gasteiger partial charge in [0.1, 0.15) is 5.54 Å². The van der Waals surface area contributed by atoms with Crippen LogP contribution in [0.25, 0.3) is 22.4 Å². The van der Waals surface area contributed by atoms with E-state index >= 15 is 0 Å². The van der Waals surface area contributed by atoms with Crippen molar-refractivity contribution in [3.05, 3.63) is 30.5 Å². The van der Waals surface area contributed by atoms with Gasteiger partial charge in [-0.15, -0.1) is 10.2 Å². The number of hydrogen-bond donors (Lipinski definition) is 2. The normalized spacial score (nSPS) is 17.1. The number of rotatable bonds is 5. The van der Waals surface area contributed by atoms with Crippen molar-refractivity contribution >= 4 is 28.6 Å². The standard InChI is InChI=1S/C20H21N5O2S/c1-13(17(26)23-20(12-21)9-5-2-6-10-20)28-19-25-24-18(27-19)15-11-22-16-8-4-3-7-14(15)16/h3-4,7-8,11,13,22H,2,5-6,9-10H2,1H3,(H,23,26)/t13-/m1/s1. The number of thioether (sulfide) groups is 1. The molecule has 1 saturated carbocycles. The second kappa shape index (κ2) is 7.68. The Morgan fingerprint density at radius 1 is 1.32 bits per heavy atom. The highest BCUT2D eigenvalue weighted by molar-refractivity contribution is 8.00. The van der Waals surface area contributed by atoms with Gasteiger partial charge in [-0.1, -0.05) is 49.2 Å². The minimum atomic E-state index is -0.742. The summed E-state index contributed by atoms with van der Waals surface area (Å²) < 4.78 is 5.77. The number of benzene rings is 1. The lowest BCUT2D eigenvalue weighted by Gasteiger charge is -2.32. The van der Waals surface area contributed by atoms with Gasteiger partial charge in [0.2, 0.25) is 5.91 Å². The van der Waals surface area contributed by atoms with Crippen LogP contribution in [0.1, 0.15) is 39.0 Å². The predicted octanol–water partition coefficient (Wildman–Crippen LogP) is 4.04. The molecule has 28 heavy (non-hydrogen) atoms. The summed E-state index contributed by atoms with van der Waals surface area (Å²) in [5, 5.41) is 21.6. The van der Waals surface area contributed by atoms with Crippen molar-refractivity contribution in [2.75, 3.05) is 0 Å². The molecular weight excluding hydrogens is 374 g/mol. The number of nitrogens with one attached hydrogen (secondary N) is 2. The van der Waals surface area contributed by atoms with Crippen LogP contribution >= 0.6 is 11.8 Å². The Morgan fingerprint density at radius 2 is 2.11 bits per heavy atom. The summed E-state index contributed by atoms with van der Waals surface area (Å²) >= 11 is 1.20. The molecule has 1 amide bonds. The first-order chi connectivity index (χ1) is 13.6. The highest BCUT2D eigenvalue weighted by atomic mass is 32.2. The number of hydrogen-bond acceptors (Lipinski definition) is 6. The van der Waals surface area contributed by atoms with Gasteiger partial charge in [-0.05, 0) is 25.8 Å². The SMILES string of the molecule is C[C@@H](Sc1nnc(-c2c[nH]c3ccccc23)o1)C(=O)NC1(C#N)CCCCC1. The number of aromatic amines is 1. The number of carbonyl (C=O) groups is 1. The molecule has 0 radical (unpaired) electrons. The number of nitrogens with zero attached hydrogens (tertiary/aromatic N) is 3. The molecule has 3 aromatic rings. The smallest absolute Gasteiger partial charge is 0.277 e. The number of aromatic nitrogens is 3. The Balaban J connectivity index is 1.45. The van der Waals surface area contributed by atoms with E-state index in [1.807, 2.05) is 30.5 Å². The van der Waals surface area contributed by atoms with Gasteiger partial charge >= 0.3 is 0 Å². The van der Waals surface area contributed by atoms with Crippen LogP contribution in [0.5, 0.6) is 0 Å². The van der Waals surface area contributed by atoms with Crippen LogP contribution in [-0.4, -0.2) is 31.9 Å². The predicted molar refractivity (Wildman–Crippen MR) is 106 cm³/mol. The van der Waals surface area contributed by atoms with Gasteiger partial charge < -0.3 is 14.7 Å². The van der Waals surface area contributed by atoms with E-state index in [4.69, 9.17) is 4.42 Å². The first-order valence-electron chi connectivity index (χ1n) is 9.40. The van der Waals surface area contributed by atoms with Crippen LogP contribution in [0.15, 0.2) is 40.1 Å². The van der Waals surface area contributed by atoms with Crippen LogP contribution in [0.4, 0.5) is 0 Å². The maximum atomic E-state index is 12.6. The number of nitriles is 1. The monoisotopic (exact) mass is 395 g/mol. The van der Waals surface area contributed by atoms with Crippen LogP contribution in [0.3, 0.4) is 0 Å². The molecule has 1 atom stereocenters. The topological polar surface area (TPSA) is 108 Å². The van der Waals surface area contributed by atoms with E-state index in [-0.39, 0.29) is 5.91 Å². The van der Waals surface area contributed by atoms with Gasteiger partial charge in [0.25, 0.3) is 11.1 Å². The lowest BCUT2D eigenvalue weighted by molar-refractivity contribution is -0.122. The van der Waals surface area contributed by atoms with Gasteiger partial charge in [0.15, 0.2) is 0 Å². The molecule has 2 heterocycles. The Morgan fingerprint density at radius 3 is 2.89 bits per heavy atom. The largest absolute Gasteiger partial charge is 0.411 e. The molecule has 7 nitrogen and oxygen atoms in total. The van der Waals surface area contributed by atoms with E-state index < -0.39 is 10.8 Å². The van der Waals surface area contributed by atoms with E-state index in [0.717, 1.165) is 35.7 Å². The van der Waals surface area contributed by atoms with Gasteiger partial charge in [0, 0.05) is 17.1 Å². The molecule has 1 aromatic carbocycles. The minimum absolute atomic E-state index is 0.180. The van der Waals surface area contributed by atoms with Crippen LogP contribution in [0.2, 0.25) is 0 Å². The molecule has 0 aliphatic heterocycles. The van der Waals surface area contributed by atoms with Crippen molar-refractivity contribution in [1.82, 2.24) is 20.5 Å². The van der Waals surface area contributed by atoms with Crippen molar-refractivity contribution in [3.63, 3.8) is 0 Å². The Kier molecular flexibility index (Phi) is 5.09. The van der Waals surface area contributed by atoms with E-state index in [1.54, 1.807) is 6.92 Å². The molecule has 2 aromatic heterocycles. The van der Waals surface area contributed by atoms with Crippen molar-refractivity contribution in [3.8, 4) is 17.5 Å². The molecule has 1 aliphatic rings. The lowest BCUT2D eigenvalue weighted by atomic mass is 9.83. The molecule has 2 N–H and O–H groups in total. The van der Waals surface area contributed by atoms with E-state index in [9.17, 15) is 10.1 Å². The molecule has 1 fully saturated rings. The first-order valence-corrected chi connectivity index (χ1v) is 10.3. The zero-order valence-corrected chi connectivity index (χ0v) is 16.4. The van der Waals surface area contributed by atoms with E-state index in [0.29, 0.717) is 24.0 Å². The molecule has 0 unspecified atom stereocenters. The molecule has 0 spiro atoms. The summed E-state index contributed by atoms with van der Waals surface area (Å²) in [5.41, 5.74) is 1.08. The zero-order chi connectivity index (χ0) is 19.6. The Bertz CT molecular complexity index is 1030. The van der Waals surface area contributed by atoms with Crippen molar-refractivity contribution in [1.29, 1.82) is 5.26 Å². The molecule has 1 aliphatic carbocycles. The fraction of sp³-hybridized carbons (Fsp3) is 0.400. The second-order valence-corrected chi connectivity index (χ2v) is 8.42. The third-order valence-electron chi connectivity index (χ3n) is 5.16. The van der Waals surface area contributed by atoms with E-state index in [2.05, 4.69) is 26.6 Å². The average Bonchev–Trinajstić information content (AvgIpc) is 3.35. The maximum Gasteiger partial charge on any atom is 0.277 e. The molecule has 0 bridgehead atoms. The zero-order valence-electron chi connectivity index (χ0n) is 15.6. The number of para-hydroxylation sites is 1. The van der Waals surface area contributed by atoms with Gasteiger partial charge in [-0.25, -0.2) is 0 Å².